The minimum atomic E-state index is -0.132. The van der Waals surface area contributed by atoms with Crippen molar-refractivity contribution in [2.45, 2.75) is 26.4 Å². The normalized spacial score (nSPS) is 11.3. The van der Waals surface area contributed by atoms with E-state index in [4.69, 9.17) is 5.11 Å². The summed E-state index contributed by atoms with van der Waals surface area (Å²) in [4.78, 5) is 19.0. The highest BCUT2D eigenvalue weighted by Gasteiger charge is 2.10. The SMILES string of the molecule is CCCn1c(=O)[nH]c2ncc(-c3cnn(CCO)c3)cc21. The highest BCUT2D eigenvalue weighted by molar-refractivity contribution is 5.77. The molecule has 7 heteroatoms. The van der Waals surface area contributed by atoms with Gasteiger partial charge in [0.25, 0.3) is 0 Å². The van der Waals surface area contributed by atoms with Crippen LogP contribution in [0.3, 0.4) is 0 Å². The van der Waals surface area contributed by atoms with Gasteiger partial charge in [-0.05, 0) is 12.5 Å². The van der Waals surface area contributed by atoms with Crippen LogP contribution in [0.15, 0.2) is 29.5 Å². The molecule has 0 saturated carbocycles. The van der Waals surface area contributed by atoms with E-state index < -0.39 is 0 Å². The van der Waals surface area contributed by atoms with Gasteiger partial charge in [-0.1, -0.05) is 6.92 Å². The van der Waals surface area contributed by atoms with Crippen LogP contribution in [0.4, 0.5) is 0 Å². The van der Waals surface area contributed by atoms with Crippen molar-refractivity contribution in [1.29, 1.82) is 0 Å². The number of pyridine rings is 1. The molecular weight excluding hydrogens is 270 g/mol. The van der Waals surface area contributed by atoms with E-state index in [1.54, 1.807) is 21.6 Å². The van der Waals surface area contributed by atoms with Crippen LogP contribution in [0.2, 0.25) is 0 Å². The van der Waals surface area contributed by atoms with E-state index in [-0.39, 0.29) is 12.3 Å². The van der Waals surface area contributed by atoms with Crippen LogP contribution in [-0.4, -0.2) is 36.0 Å². The molecule has 0 saturated heterocycles. The second-order valence-electron chi connectivity index (χ2n) is 4.89. The molecule has 0 bridgehead atoms. The van der Waals surface area contributed by atoms with Crippen molar-refractivity contribution in [2.75, 3.05) is 6.61 Å². The first-order chi connectivity index (χ1) is 10.2. The third-order valence-electron chi connectivity index (χ3n) is 3.37. The van der Waals surface area contributed by atoms with Gasteiger partial charge in [0.1, 0.15) is 0 Å². The van der Waals surface area contributed by atoms with Gasteiger partial charge >= 0.3 is 5.69 Å². The fraction of sp³-hybridized carbons (Fsp3) is 0.357. The van der Waals surface area contributed by atoms with Crippen molar-refractivity contribution in [3.8, 4) is 11.1 Å². The largest absolute Gasteiger partial charge is 0.394 e. The van der Waals surface area contributed by atoms with Crippen molar-refractivity contribution in [2.24, 2.45) is 0 Å². The summed E-state index contributed by atoms with van der Waals surface area (Å²) in [5.74, 6) is 0. The van der Waals surface area contributed by atoms with E-state index in [9.17, 15) is 4.79 Å². The fourth-order valence-electron chi connectivity index (χ4n) is 2.37. The molecule has 21 heavy (non-hydrogen) atoms. The molecule has 0 aliphatic carbocycles. The molecule has 0 atom stereocenters. The maximum Gasteiger partial charge on any atom is 0.327 e. The Labute approximate surface area is 120 Å². The number of aryl methyl sites for hydroxylation is 1. The zero-order valence-corrected chi connectivity index (χ0v) is 11.8. The summed E-state index contributed by atoms with van der Waals surface area (Å²) in [7, 11) is 0. The molecule has 0 aliphatic rings. The maximum atomic E-state index is 11.9. The lowest BCUT2D eigenvalue weighted by Gasteiger charge is -2.02. The van der Waals surface area contributed by atoms with Crippen molar-refractivity contribution >= 4 is 11.2 Å². The van der Waals surface area contributed by atoms with Crippen LogP contribution >= 0.6 is 0 Å². The third-order valence-corrected chi connectivity index (χ3v) is 3.37. The van der Waals surface area contributed by atoms with Crippen LogP contribution in [0, 0.1) is 0 Å². The van der Waals surface area contributed by atoms with E-state index in [0.29, 0.717) is 18.7 Å². The third kappa shape index (κ3) is 2.47. The summed E-state index contributed by atoms with van der Waals surface area (Å²) < 4.78 is 3.37. The number of aliphatic hydroxyl groups excluding tert-OH is 1. The average Bonchev–Trinajstić information content (AvgIpc) is 3.05. The number of aliphatic hydroxyl groups is 1. The number of nitrogens with zero attached hydrogens (tertiary/aromatic N) is 4. The monoisotopic (exact) mass is 287 g/mol. The molecule has 110 valence electrons. The first-order valence-corrected chi connectivity index (χ1v) is 6.95. The molecule has 0 fully saturated rings. The van der Waals surface area contributed by atoms with Gasteiger partial charge in [-0.3, -0.25) is 14.2 Å². The second-order valence-corrected chi connectivity index (χ2v) is 4.89. The number of aromatic nitrogens is 5. The van der Waals surface area contributed by atoms with Gasteiger partial charge in [-0.25, -0.2) is 9.78 Å². The van der Waals surface area contributed by atoms with Crippen molar-refractivity contribution in [3.63, 3.8) is 0 Å². The lowest BCUT2D eigenvalue weighted by atomic mass is 10.1. The number of fused-ring (bicyclic) bond motifs is 1. The topological polar surface area (TPSA) is 88.7 Å². The summed E-state index contributed by atoms with van der Waals surface area (Å²) >= 11 is 0. The highest BCUT2D eigenvalue weighted by atomic mass is 16.3. The van der Waals surface area contributed by atoms with Crippen LogP contribution < -0.4 is 5.69 Å². The smallest absolute Gasteiger partial charge is 0.327 e. The van der Waals surface area contributed by atoms with Gasteiger partial charge in [0.2, 0.25) is 0 Å². The predicted octanol–water partition coefficient (Wildman–Crippen LogP) is 0.990. The van der Waals surface area contributed by atoms with Gasteiger partial charge in [0, 0.05) is 30.1 Å². The Kier molecular flexibility index (Phi) is 3.57. The lowest BCUT2D eigenvalue weighted by Crippen LogP contribution is -2.16. The number of rotatable bonds is 5. The number of hydrogen-bond acceptors (Lipinski definition) is 4. The van der Waals surface area contributed by atoms with E-state index >= 15 is 0 Å². The number of nitrogens with one attached hydrogen (secondary N) is 1. The van der Waals surface area contributed by atoms with Gasteiger partial charge in [-0.15, -0.1) is 0 Å². The van der Waals surface area contributed by atoms with E-state index in [0.717, 1.165) is 23.1 Å². The Bertz CT molecular complexity index is 814. The minimum absolute atomic E-state index is 0.0479. The molecule has 0 aromatic carbocycles. The van der Waals surface area contributed by atoms with E-state index in [1.807, 2.05) is 19.2 Å². The Hall–Kier alpha value is -2.41. The number of aromatic amines is 1. The summed E-state index contributed by atoms with van der Waals surface area (Å²) in [6.45, 7) is 3.20. The van der Waals surface area contributed by atoms with E-state index in [1.165, 1.54) is 0 Å². The lowest BCUT2D eigenvalue weighted by molar-refractivity contribution is 0.269. The number of H-pyrrole nitrogens is 1. The predicted molar refractivity (Wildman–Crippen MR) is 79.0 cm³/mol. The quantitative estimate of drug-likeness (QED) is 0.732. The minimum Gasteiger partial charge on any atom is -0.394 e. The molecular formula is C14H17N5O2. The summed E-state index contributed by atoms with van der Waals surface area (Å²) in [6.07, 6.45) is 6.18. The summed E-state index contributed by atoms with van der Waals surface area (Å²) in [6, 6.07) is 1.94. The van der Waals surface area contributed by atoms with E-state index in [2.05, 4.69) is 15.1 Å². The van der Waals surface area contributed by atoms with Gasteiger partial charge in [0.15, 0.2) is 5.65 Å². The van der Waals surface area contributed by atoms with Gasteiger partial charge in [-0.2, -0.15) is 5.10 Å². The summed E-state index contributed by atoms with van der Waals surface area (Å²) in [5.41, 5.74) is 3.08. The standard InChI is InChI=1S/C14H17N5O2/c1-2-3-19-12-6-10(7-15-13(12)17-14(19)21)11-8-16-18(9-11)4-5-20/h6-9,20H,2-5H2,1H3,(H,15,17,21). The summed E-state index contributed by atoms with van der Waals surface area (Å²) in [5, 5.41) is 13.1. The Morgan fingerprint density at radius 2 is 2.14 bits per heavy atom. The molecule has 0 unspecified atom stereocenters. The molecule has 3 rings (SSSR count). The molecule has 0 radical (unpaired) electrons. The Balaban J connectivity index is 2.06. The molecule has 3 aromatic rings. The Morgan fingerprint density at radius 1 is 1.29 bits per heavy atom. The Morgan fingerprint density at radius 3 is 2.90 bits per heavy atom. The average molecular weight is 287 g/mol. The van der Waals surface area contributed by atoms with Gasteiger partial charge in [0.05, 0.1) is 24.9 Å². The van der Waals surface area contributed by atoms with Crippen molar-refractivity contribution in [1.82, 2.24) is 24.3 Å². The second kappa shape index (κ2) is 5.53. The van der Waals surface area contributed by atoms with Crippen LogP contribution in [0.1, 0.15) is 13.3 Å². The van der Waals surface area contributed by atoms with Crippen LogP contribution in [0.25, 0.3) is 22.3 Å². The number of imidazole rings is 1. The zero-order chi connectivity index (χ0) is 14.8. The molecule has 0 spiro atoms. The molecule has 7 nitrogen and oxygen atoms in total. The molecule has 2 N–H and O–H groups in total. The highest BCUT2D eigenvalue weighted by Crippen LogP contribution is 2.21. The molecule has 3 aromatic heterocycles. The molecule has 3 heterocycles. The maximum absolute atomic E-state index is 11.9. The zero-order valence-electron chi connectivity index (χ0n) is 11.8. The first-order valence-electron chi connectivity index (χ1n) is 6.95. The van der Waals surface area contributed by atoms with Crippen LogP contribution in [-0.2, 0) is 13.1 Å². The van der Waals surface area contributed by atoms with Crippen molar-refractivity contribution in [3.05, 3.63) is 35.1 Å². The van der Waals surface area contributed by atoms with Crippen molar-refractivity contribution < 1.29 is 5.11 Å². The number of hydrogen-bond donors (Lipinski definition) is 2. The van der Waals surface area contributed by atoms with Gasteiger partial charge < -0.3 is 5.11 Å². The molecule has 0 amide bonds. The fourth-order valence-corrected chi connectivity index (χ4v) is 2.37. The first kappa shape index (κ1) is 13.6. The van der Waals surface area contributed by atoms with Crippen LogP contribution in [0.5, 0.6) is 0 Å². The molecule has 0 aliphatic heterocycles.